The van der Waals surface area contributed by atoms with Gasteiger partial charge in [0, 0.05) is 15.2 Å². The van der Waals surface area contributed by atoms with Crippen molar-refractivity contribution >= 4 is 37.6 Å². The van der Waals surface area contributed by atoms with E-state index in [1.807, 2.05) is 67.6 Å². The highest BCUT2D eigenvalue weighted by molar-refractivity contribution is 9.10. The molecule has 0 fully saturated rings. The van der Waals surface area contributed by atoms with E-state index in [1.165, 1.54) is 0 Å². The van der Waals surface area contributed by atoms with Gasteiger partial charge < -0.3 is 0 Å². The number of aryl methyl sites for hydroxylation is 1. The zero-order chi connectivity index (χ0) is 16.0. The molecular formula is C20H14BrNO. The first-order valence-electron chi connectivity index (χ1n) is 7.46. The van der Waals surface area contributed by atoms with E-state index in [2.05, 4.69) is 22.0 Å². The summed E-state index contributed by atoms with van der Waals surface area (Å²) in [6.07, 6.45) is 0. The molecule has 0 amide bonds. The molecule has 0 aliphatic heterocycles. The van der Waals surface area contributed by atoms with E-state index >= 15 is 0 Å². The number of rotatable bonds is 1. The second kappa shape index (κ2) is 5.36. The minimum absolute atomic E-state index is 0.00357. The van der Waals surface area contributed by atoms with Crippen LogP contribution in [0.5, 0.6) is 0 Å². The average Bonchev–Trinajstić information content (AvgIpc) is 2.57. The summed E-state index contributed by atoms with van der Waals surface area (Å²) in [6, 6.07) is 21.9. The van der Waals surface area contributed by atoms with Crippen molar-refractivity contribution in [3.05, 3.63) is 87.1 Å². The monoisotopic (exact) mass is 363 g/mol. The minimum atomic E-state index is 0.00357. The molecule has 0 aliphatic rings. The third-order valence-corrected chi connectivity index (χ3v) is 4.77. The molecule has 0 atom stereocenters. The highest BCUT2D eigenvalue weighted by Gasteiger charge is 2.13. The first-order chi connectivity index (χ1) is 11.2. The summed E-state index contributed by atoms with van der Waals surface area (Å²) in [6.45, 7) is 2.04. The number of hydrogen-bond donors (Lipinski definition) is 0. The van der Waals surface area contributed by atoms with Gasteiger partial charge >= 0.3 is 0 Å². The van der Waals surface area contributed by atoms with Gasteiger partial charge in [0.15, 0.2) is 0 Å². The molecule has 0 saturated heterocycles. The number of fused-ring (bicyclic) bond motifs is 3. The van der Waals surface area contributed by atoms with Crippen LogP contribution in [0.4, 0.5) is 0 Å². The van der Waals surface area contributed by atoms with Crippen LogP contribution in [0.15, 0.2) is 76.0 Å². The lowest BCUT2D eigenvalue weighted by molar-refractivity contribution is 1.05. The maximum absolute atomic E-state index is 13.1. The quantitative estimate of drug-likeness (QED) is 0.425. The predicted molar refractivity (Wildman–Crippen MR) is 99.5 cm³/mol. The van der Waals surface area contributed by atoms with Gasteiger partial charge in [-0.15, -0.1) is 0 Å². The smallest absolute Gasteiger partial charge is 0.263 e. The normalized spacial score (nSPS) is 11.2. The van der Waals surface area contributed by atoms with Crippen LogP contribution < -0.4 is 5.56 Å². The van der Waals surface area contributed by atoms with Gasteiger partial charge in [-0.05, 0) is 58.1 Å². The number of nitrogens with zero attached hydrogens (tertiary/aromatic N) is 1. The van der Waals surface area contributed by atoms with Crippen molar-refractivity contribution in [3.8, 4) is 5.69 Å². The molecule has 0 spiro atoms. The highest BCUT2D eigenvalue weighted by atomic mass is 79.9. The number of hydrogen-bond acceptors (Lipinski definition) is 1. The van der Waals surface area contributed by atoms with Crippen molar-refractivity contribution in [3.63, 3.8) is 0 Å². The maximum Gasteiger partial charge on any atom is 0.263 e. The molecule has 0 N–H and O–H groups in total. The van der Waals surface area contributed by atoms with Crippen LogP contribution >= 0.6 is 15.9 Å². The Kier molecular flexibility index (Phi) is 3.31. The highest BCUT2D eigenvalue weighted by Crippen LogP contribution is 2.28. The molecule has 2 nitrogen and oxygen atoms in total. The van der Waals surface area contributed by atoms with Crippen LogP contribution in [0.1, 0.15) is 5.56 Å². The Balaban J connectivity index is 2.25. The Hall–Kier alpha value is -2.39. The van der Waals surface area contributed by atoms with Gasteiger partial charge in [-0.25, -0.2) is 0 Å². The van der Waals surface area contributed by atoms with Gasteiger partial charge in [0.1, 0.15) is 0 Å². The maximum atomic E-state index is 13.1. The molecule has 4 aromatic rings. The van der Waals surface area contributed by atoms with Crippen LogP contribution in [-0.2, 0) is 0 Å². The fourth-order valence-electron chi connectivity index (χ4n) is 3.06. The Morgan fingerprint density at radius 1 is 0.826 bits per heavy atom. The van der Waals surface area contributed by atoms with Gasteiger partial charge in [-0.3, -0.25) is 9.36 Å². The SMILES string of the molecule is Cc1ccc(-n2c(=O)c3ccccc3c3ccccc32)c(Br)c1. The van der Waals surface area contributed by atoms with Crippen molar-refractivity contribution in [2.75, 3.05) is 0 Å². The molecule has 0 aliphatic carbocycles. The molecule has 23 heavy (non-hydrogen) atoms. The lowest BCUT2D eigenvalue weighted by atomic mass is 10.1. The van der Waals surface area contributed by atoms with Crippen LogP contribution in [0.25, 0.3) is 27.4 Å². The average molecular weight is 364 g/mol. The minimum Gasteiger partial charge on any atom is -0.275 e. The fourth-order valence-corrected chi connectivity index (χ4v) is 3.73. The molecule has 0 unspecified atom stereocenters. The Bertz CT molecular complexity index is 1110. The van der Waals surface area contributed by atoms with Gasteiger partial charge in [-0.2, -0.15) is 0 Å². The molecular weight excluding hydrogens is 350 g/mol. The van der Waals surface area contributed by atoms with Crippen molar-refractivity contribution < 1.29 is 0 Å². The third kappa shape index (κ3) is 2.20. The van der Waals surface area contributed by atoms with Crippen LogP contribution in [0.2, 0.25) is 0 Å². The van der Waals surface area contributed by atoms with Gasteiger partial charge in [0.25, 0.3) is 5.56 Å². The summed E-state index contributed by atoms with van der Waals surface area (Å²) < 4.78 is 2.71. The molecule has 3 heteroatoms. The van der Waals surface area contributed by atoms with E-state index in [1.54, 1.807) is 4.57 Å². The lowest BCUT2D eigenvalue weighted by Gasteiger charge is -2.15. The Morgan fingerprint density at radius 2 is 1.48 bits per heavy atom. The molecule has 3 aromatic carbocycles. The summed E-state index contributed by atoms with van der Waals surface area (Å²) in [5, 5.41) is 2.81. The topological polar surface area (TPSA) is 22.0 Å². The zero-order valence-electron chi connectivity index (χ0n) is 12.6. The number of pyridine rings is 1. The summed E-state index contributed by atoms with van der Waals surface area (Å²) in [4.78, 5) is 13.1. The largest absolute Gasteiger partial charge is 0.275 e. The molecule has 1 aromatic heterocycles. The third-order valence-electron chi connectivity index (χ3n) is 4.14. The molecule has 1 heterocycles. The zero-order valence-corrected chi connectivity index (χ0v) is 14.2. The van der Waals surface area contributed by atoms with Gasteiger partial charge in [0.2, 0.25) is 0 Å². The van der Waals surface area contributed by atoms with Crippen molar-refractivity contribution in [2.24, 2.45) is 0 Å². The molecule has 0 radical (unpaired) electrons. The van der Waals surface area contributed by atoms with Crippen molar-refractivity contribution in [1.82, 2.24) is 4.57 Å². The van der Waals surface area contributed by atoms with Gasteiger partial charge in [-0.1, -0.05) is 42.5 Å². The standard InChI is InChI=1S/C20H14BrNO/c1-13-10-11-19(17(21)12-13)22-18-9-5-4-7-15(18)14-6-2-3-8-16(14)20(22)23/h2-12H,1H3. The van der Waals surface area contributed by atoms with Crippen molar-refractivity contribution in [2.45, 2.75) is 6.92 Å². The first kappa shape index (κ1) is 14.2. The van der Waals surface area contributed by atoms with E-state index in [0.717, 1.165) is 37.4 Å². The van der Waals surface area contributed by atoms with Crippen molar-refractivity contribution in [1.29, 1.82) is 0 Å². The van der Waals surface area contributed by atoms with E-state index in [4.69, 9.17) is 0 Å². The molecule has 0 bridgehead atoms. The number of aromatic nitrogens is 1. The predicted octanol–water partition coefficient (Wildman–Crippen LogP) is 5.21. The summed E-state index contributed by atoms with van der Waals surface area (Å²) in [5.74, 6) is 0. The number of benzene rings is 3. The molecule has 4 rings (SSSR count). The van der Waals surface area contributed by atoms with Crippen LogP contribution in [-0.4, -0.2) is 4.57 Å². The van der Waals surface area contributed by atoms with Crippen LogP contribution in [0, 0.1) is 6.92 Å². The molecule has 112 valence electrons. The lowest BCUT2D eigenvalue weighted by Crippen LogP contribution is -2.19. The summed E-state index contributed by atoms with van der Waals surface area (Å²) in [7, 11) is 0. The summed E-state index contributed by atoms with van der Waals surface area (Å²) in [5.41, 5.74) is 2.94. The van der Waals surface area contributed by atoms with Crippen LogP contribution in [0.3, 0.4) is 0 Å². The number of halogens is 1. The second-order valence-corrected chi connectivity index (χ2v) is 6.51. The Labute approximate surface area is 142 Å². The van der Waals surface area contributed by atoms with E-state index < -0.39 is 0 Å². The van der Waals surface area contributed by atoms with E-state index in [-0.39, 0.29) is 5.56 Å². The number of para-hydroxylation sites is 1. The van der Waals surface area contributed by atoms with E-state index in [9.17, 15) is 4.79 Å². The van der Waals surface area contributed by atoms with Gasteiger partial charge in [0.05, 0.1) is 11.2 Å². The second-order valence-electron chi connectivity index (χ2n) is 5.66. The van der Waals surface area contributed by atoms with E-state index in [0.29, 0.717) is 0 Å². The Morgan fingerprint density at radius 3 is 2.22 bits per heavy atom. The first-order valence-corrected chi connectivity index (χ1v) is 8.25. The fraction of sp³-hybridized carbons (Fsp3) is 0.0500. The summed E-state index contributed by atoms with van der Waals surface area (Å²) >= 11 is 3.61. The molecule has 0 saturated carbocycles.